The van der Waals surface area contributed by atoms with Crippen LogP contribution in [0.3, 0.4) is 0 Å². The minimum Gasteiger partial charge on any atom is -0.469 e. The Kier molecular flexibility index (Phi) is 8.14. The zero-order valence-electron chi connectivity index (χ0n) is 21.1. The Morgan fingerprint density at radius 3 is 2.35 bits per heavy atom. The first-order valence-corrected chi connectivity index (χ1v) is 12.6. The van der Waals surface area contributed by atoms with E-state index < -0.39 is 0 Å². The van der Waals surface area contributed by atoms with Gasteiger partial charge in [0.15, 0.2) is 0 Å². The number of benzene rings is 3. The molecule has 0 spiro atoms. The quantitative estimate of drug-likeness (QED) is 0.396. The number of nitrogens with zero attached hydrogens (tertiary/aromatic N) is 2. The van der Waals surface area contributed by atoms with Gasteiger partial charge in [-0.1, -0.05) is 29.8 Å². The molecule has 1 aliphatic rings. The van der Waals surface area contributed by atoms with Crippen molar-refractivity contribution in [2.75, 3.05) is 28.8 Å². The minimum absolute atomic E-state index is 0.0793. The second-order valence-electron chi connectivity index (χ2n) is 9.03. The van der Waals surface area contributed by atoms with Gasteiger partial charge in [0.2, 0.25) is 5.91 Å². The molecule has 37 heavy (non-hydrogen) atoms. The molecule has 3 aromatic carbocycles. The molecule has 2 amide bonds. The van der Waals surface area contributed by atoms with E-state index in [2.05, 4.69) is 10.1 Å². The normalized spacial score (nSPS) is 16.5. The number of hydrogen-bond acceptors (Lipinski definition) is 5. The second kappa shape index (κ2) is 11.5. The van der Waals surface area contributed by atoms with Crippen LogP contribution >= 0.6 is 11.6 Å². The van der Waals surface area contributed by atoms with E-state index in [-0.39, 0.29) is 36.3 Å². The molecule has 0 aromatic heterocycles. The number of fused-ring (bicyclic) bond motifs is 1. The van der Waals surface area contributed by atoms with E-state index in [9.17, 15) is 14.4 Å². The number of amides is 2. The molecule has 1 aliphatic heterocycles. The molecule has 0 saturated heterocycles. The van der Waals surface area contributed by atoms with Crippen LogP contribution in [-0.4, -0.2) is 37.5 Å². The SMILES string of the molecule is COC(=O)CCNc1ccc(C(=O)N2c3ccccc3C(N(C(C)=O)c3ccc(Cl)cc3)CC2C)cc1. The first-order chi connectivity index (χ1) is 17.8. The average Bonchev–Trinajstić information content (AvgIpc) is 2.89. The summed E-state index contributed by atoms with van der Waals surface area (Å²) in [6, 6.07) is 21.8. The lowest BCUT2D eigenvalue weighted by Gasteiger charge is -2.43. The average molecular weight is 520 g/mol. The molecular formula is C29H30ClN3O4. The number of hydrogen-bond donors (Lipinski definition) is 1. The molecular weight excluding hydrogens is 490 g/mol. The minimum atomic E-state index is -0.283. The summed E-state index contributed by atoms with van der Waals surface area (Å²) in [6.07, 6.45) is 0.839. The Hall–Kier alpha value is -3.84. The maximum Gasteiger partial charge on any atom is 0.307 e. The standard InChI is InChI=1S/C29H30ClN3O4/c1-19-18-27(33(20(2)34)24-14-10-22(30)11-15-24)25-6-4-5-7-26(25)32(19)29(36)21-8-12-23(13-9-21)31-17-16-28(35)37-3/h4-15,19,27,31H,16-18H2,1-3H3. The van der Waals surface area contributed by atoms with Crippen molar-refractivity contribution >= 4 is 46.4 Å². The third-order valence-electron chi connectivity index (χ3n) is 6.55. The molecule has 2 atom stereocenters. The molecule has 0 radical (unpaired) electrons. The summed E-state index contributed by atoms with van der Waals surface area (Å²) in [5.74, 6) is -0.473. The molecule has 1 heterocycles. The van der Waals surface area contributed by atoms with E-state index in [4.69, 9.17) is 11.6 Å². The van der Waals surface area contributed by atoms with Crippen LogP contribution < -0.4 is 15.1 Å². The van der Waals surface area contributed by atoms with Crippen molar-refractivity contribution in [3.8, 4) is 0 Å². The fourth-order valence-electron chi connectivity index (χ4n) is 4.80. The predicted octanol–water partition coefficient (Wildman–Crippen LogP) is 5.85. The van der Waals surface area contributed by atoms with Crippen LogP contribution in [0.4, 0.5) is 17.1 Å². The highest BCUT2D eigenvalue weighted by atomic mass is 35.5. The van der Waals surface area contributed by atoms with Gasteiger partial charge in [-0.15, -0.1) is 0 Å². The van der Waals surface area contributed by atoms with Gasteiger partial charge in [0.1, 0.15) is 0 Å². The lowest BCUT2D eigenvalue weighted by molar-refractivity contribution is -0.140. The molecule has 3 aromatic rings. The van der Waals surface area contributed by atoms with Crippen molar-refractivity contribution < 1.29 is 19.1 Å². The zero-order chi connectivity index (χ0) is 26.5. The Morgan fingerprint density at radius 2 is 1.70 bits per heavy atom. The highest BCUT2D eigenvalue weighted by Gasteiger charge is 2.38. The second-order valence-corrected chi connectivity index (χ2v) is 9.47. The molecule has 2 unspecified atom stereocenters. The largest absolute Gasteiger partial charge is 0.469 e. The van der Waals surface area contributed by atoms with E-state index in [1.165, 1.54) is 7.11 Å². The monoisotopic (exact) mass is 519 g/mol. The van der Waals surface area contributed by atoms with E-state index in [0.717, 1.165) is 22.6 Å². The smallest absolute Gasteiger partial charge is 0.307 e. The summed E-state index contributed by atoms with van der Waals surface area (Å²) >= 11 is 6.08. The summed E-state index contributed by atoms with van der Waals surface area (Å²) in [7, 11) is 1.36. The molecule has 0 fully saturated rings. The predicted molar refractivity (Wildman–Crippen MR) is 146 cm³/mol. The Bertz CT molecular complexity index is 1280. The highest BCUT2D eigenvalue weighted by Crippen LogP contribution is 2.42. The van der Waals surface area contributed by atoms with Crippen LogP contribution in [0.15, 0.2) is 72.8 Å². The Morgan fingerprint density at radius 1 is 1.03 bits per heavy atom. The first kappa shape index (κ1) is 26.2. The van der Waals surface area contributed by atoms with Gasteiger partial charge in [0.05, 0.1) is 19.6 Å². The van der Waals surface area contributed by atoms with Crippen LogP contribution in [0.2, 0.25) is 5.02 Å². The van der Waals surface area contributed by atoms with Gasteiger partial charge >= 0.3 is 5.97 Å². The van der Waals surface area contributed by atoms with Crippen LogP contribution in [0.1, 0.15) is 48.7 Å². The molecule has 8 heteroatoms. The van der Waals surface area contributed by atoms with Crippen LogP contribution in [0.5, 0.6) is 0 Å². The maximum absolute atomic E-state index is 13.7. The Balaban J connectivity index is 1.60. The molecule has 4 rings (SSSR count). The number of halogens is 1. The third kappa shape index (κ3) is 5.78. The van der Waals surface area contributed by atoms with E-state index >= 15 is 0 Å². The number of esters is 1. The molecule has 0 saturated carbocycles. The molecule has 0 bridgehead atoms. The molecule has 7 nitrogen and oxygen atoms in total. The van der Waals surface area contributed by atoms with Crippen molar-refractivity contribution in [1.29, 1.82) is 0 Å². The number of rotatable bonds is 7. The van der Waals surface area contributed by atoms with Gasteiger partial charge in [0.25, 0.3) is 5.91 Å². The molecule has 0 aliphatic carbocycles. The first-order valence-electron chi connectivity index (χ1n) is 12.2. The van der Waals surface area contributed by atoms with Gasteiger partial charge < -0.3 is 19.9 Å². The Labute approximate surface area is 222 Å². The number of ether oxygens (including phenoxy) is 1. The maximum atomic E-state index is 13.7. The van der Waals surface area contributed by atoms with Crippen LogP contribution in [0, 0.1) is 0 Å². The summed E-state index contributed by atoms with van der Waals surface area (Å²) < 4.78 is 4.65. The number of methoxy groups -OCH3 is 1. The van der Waals surface area contributed by atoms with Crippen molar-refractivity contribution in [3.05, 3.63) is 88.9 Å². The number of para-hydroxylation sites is 1. The summed E-state index contributed by atoms with van der Waals surface area (Å²) in [4.78, 5) is 41.4. The van der Waals surface area contributed by atoms with Crippen molar-refractivity contribution in [1.82, 2.24) is 0 Å². The van der Waals surface area contributed by atoms with Crippen molar-refractivity contribution in [3.63, 3.8) is 0 Å². The fourth-order valence-corrected chi connectivity index (χ4v) is 4.93. The lowest BCUT2D eigenvalue weighted by atomic mass is 9.89. The summed E-state index contributed by atoms with van der Waals surface area (Å²) in [5, 5.41) is 3.76. The van der Waals surface area contributed by atoms with Crippen molar-refractivity contribution in [2.24, 2.45) is 0 Å². The van der Waals surface area contributed by atoms with Gasteiger partial charge in [0, 0.05) is 47.2 Å². The van der Waals surface area contributed by atoms with Crippen molar-refractivity contribution in [2.45, 2.75) is 38.8 Å². The molecule has 1 N–H and O–H groups in total. The number of nitrogens with one attached hydrogen (secondary N) is 1. The number of anilines is 3. The van der Waals surface area contributed by atoms with Gasteiger partial charge in [-0.3, -0.25) is 14.4 Å². The topological polar surface area (TPSA) is 79.0 Å². The van der Waals surface area contributed by atoms with Gasteiger partial charge in [-0.25, -0.2) is 0 Å². The van der Waals surface area contributed by atoms with Gasteiger partial charge in [-0.2, -0.15) is 0 Å². The summed E-state index contributed by atoms with van der Waals surface area (Å²) in [6.45, 7) is 4.00. The van der Waals surface area contributed by atoms with E-state index in [0.29, 0.717) is 23.6 Å². The highest BCUT2D eigenvalue weighted by molar-refractivity contribution is 6.30. The van der Waals surface area contributed by atoms with E-state index in [1.807, 2.05) is 60.4 Å². The zero-order valence-corrected chi connectivity index (χ0v) is 21.9. The number of carbonyl (C=O) groups excluding carboxylic acids is 3. The van der Waals surface area contributed by atoms with Gasteiger partial charge in [-0.05, 0) is 73.5 Å². The van der Waals surface area contributed by atoms with E-state index in [1.54, 1.807) is 36.1 Å². The number of carbonyl (C=O) groups is 3. The molecule has 192 valence electrons. The van der Waals surface area contributed by atoms with Crippen LogP contribution in [0.25, 0.3) is 0 Å². The third-order valence-corrected chi connectivity index (χ3v) is 6.80. The van der Waals surface area contributed by atoms with Crippen LogP contribution in [-0.2, 0) is 14.3 Å². The fraction of sp³-hybridized carbons (Fsp3) is 0.276. The lowest BCUT2D eigenvalue weighted by Crippen LogP contribution is -2.47. The summed E-state index contributed by atoms with van der Waals surface area (Å²) in [5.41, 5.74) is 3.84.